The van der Waals surface area contributed by atoms with Crippen molar-refractivity contribution in [2.75, 3.05) is 13.2 Å². The van der Waals surface area contributed by atoms with Crippen LogP contribution < -0.4 is 15.9 Å². The van der Waals surface area contributed by atoms with E-state index in [-0.39, 0.29) is 22.0 Å². The van der Waals surface area contributed by atoms with Crippen molar-refractivity contribution in [2.24, 2.45) is 0 Å². The molecule has 3 heterocycles. The molecule has 9 heteroatoms. The van der Waals surface area contributed by atoms with Crippen LogP contribution in [0.2, 0.25) is 0 Å². The maximum absolute atomic E-state index is 13.9. The average molecular weight is 530 g/mol. The van der Waals surface area contributed by atoms with Crippen molar-refractivity contribution in [3.8, 4) is 28.4 Å². The molecular weight excluding hydrogens is 509 g/mol. The Hall–Kier alpha value is -4.34. The van der Waals surface area contributed by atoms with Gasteiger partial charge < -0.3 is 19.0 Å². The number of hydrogen-bond donors (Lipinski definition) is 1. The van der Waals surface area contributed by atoms with Gasteiger partial charge in [-0.05, 0) is 48.0 Å². The quantitative estimate of drug-likeness (QED) is 0.283. The summed E-state index contributed by atoms with van der Waals surface area (Å²) in [5.41, 5.74) is 0.232. The Morgan fingerprint density at radius 2 is 1.76 bits per heavy atom. The Labute approximate surface area is 219 Å². The smallest absolute Gasteiger partial charge is 0.354 e. The number of halogens is 1. The SMILES string of the molecule is O=c1oc2cc(-c3ccccc3)n(-c3ccc(OCC4CO4)cc3)c(=O)c2c(O)c1Sc1cccc(F)c1. The molecule has 0 aliphatic carbocycles. The number of ether oxygens (including phenoxy) is 2. The van der Waals surface area contributed by atoms with E-state index in [1.165, 1.54) is 22.8 Å². The maximum atomic E-state index is 13.9. The standard InChI is InChI=1S/C29H20FNO6S/c30-18-7-4-8-22(13-18)38-27-26(32)25-24(37-29(27)34)14-23(17-5-2-1-3-6-17)31(28(25)33)19-9-11-20(12-10-19)35-15-21-16-36-21/h1-14,21,32H,15-16H2. The third kappa shape index (κ3) is 4.69. The first-order valence-corrected chi connectivity index (χ1v) is 12.6. The molecule has 0 bridgehead atoms. The number of aromatic nitrogens is 1. The summed E-state index contributed by atoms with van der Waals surface area (Å²) in [6, 6.07) is 23.3. The predicted octanol–water partition coefficient (Wildman–Crippen LogP) is 5.38. The van der Waals surface area contributed by atoms with E-state index in [1.807, 2.05) is 30.3 Å². The molecule has 1 saturated heterocycles. The zero-order chi connectivity index (χ0) is 26.2. The van der Waals surface area contributed by atoms with Crippen LogP contribution in [0, 0.1) is 5.82 Å². The number of rotatable bonds is 7. The van der Waals surface area contributed by atoms with E-state index in [0.29, 0.717) is 40.8 Å². The van der Waals surface area contributed by atoms with E-state index in [1.54, 1.807) is 36.4 Å². The van der Waals surface area contributed by atoms with Crippen molar-refractivity contribution in [3.05, 3.63) is 112 Å². The first kappa shape index (κ1) is 24.0. The summed E-state index contributed by atoms with van der Waals surface area (Å²) in [7, 11) is 0. The van der Waals surface area contributed by atoms with Crippen LogP contribution in [0.15, 0.2) is 109 Å². The number of epoxide rings is 1. The van der Waals surface area contributed by atoms with Crippen molar-refractivity contribution in [3.63, 3.8) is 0 Å². The second-order valence-corrected chi connectivity index (χ2v) is 9.75. The van der Waals surface area contributed by atoms with Gasteiger partial charge in [-0.15, -0.1) is 0 Å². The molecule has 0 radical (unpaired) electrons. The summed E-state index contributed by atoms with van der Waals surface area (Å²) < 4.78 is 31.6. The van der Waals surface area contributed by atoms with Gasteiger partial charge >= 0.3 is 5.63 Å². The molecule has 7 nitrogen and oxygen atoms in total. The highest BCUT2D eigenvalue weighted by Gasteiger charge is 2.24. The third-order valence-corrected chi connectivity index (χ3v) is 7.08. The van der Waals surface area contributed by atoms with Crippen LogP contribution in [0.3, 0.4) is 0 Å². The van der Waals surface area contributed by atoms with Gasteiger partial charge in [-0.3, -0.25) is 9.36 Å². The molecular formula is C29H20FNO6S. The molecule has 1 aliphatic heterocycles. The minimum absolute atomic E-state index is 0.0550. The Morgan fingerprint density at radius 1 is 1.00 bits per heavy atom. The van der Waals surface area contributed by atoms with E-state index < -0.39 is 22.8 Å². The fraction of sp³-hybridized carbons (Fsp3) is 0.103. The summed E-state index contributed by atoms with van der Waals surface area (Å²) in [5.74, 6) is -0.387. The summed E-state index contributed by atoms with van der Waals surface area (Å²) in [6.07, 6.45) is 0.111. The molecule has 1 fully saturated rings. The van der Waals surface area contributed by atoms with Gasteiger partial charge in [0.2, 0.25) is 0 Å². The van der Waals surface area contributed by atoms with Crippen LogP contribution in [0.25, 0.3) is 27.9 Å². The molecule has 0 spiro atoms. The Balaban J connectivity index is 1.52. The molecule has 1 N–H and O–H groups in total. The number of pyridine rings is 1. The van der Waals surface area contributed by atoms with E-state index in [0.717, 1.165) is 11.8 Å². The van der Waals surface area contributed by atoms with E-state index in [4.69, 9.17) is 13.9 Å². The van der Waals surface area contributed by atoms with Gasteiger partial charge in [0.1, 0.15) is 40.1 Å². The number of aromatic hydroxyl groups is 1. The molecule has 3 aromatic carbocycles. The summed E-state index contributed by atoms with van der Waals surface area (Å²) in [6.45, 7) is 1.13. The fourth-order valence-corrected chi connectivity index (χ4v) is 4.98. The van der Waals surface area contributed by atoms with Crippen molar-refractivity contribution in [1.82, 2.24) is 4.57 Å². The Bertz CT molecular complexity index is 1760. The molecule has 5 aromatic rings. The number of fused-ring (bicyclic) bond motifs is 1. The van der Waals surface area contributed by atoms with Gasteiger partial charge in [0, 0.05) is 16.6 Å². The zero-order valence-corrected chi connectivity index (χ0v) is 20.6. The Kier molecular flexibility index (Phi) is 6.22. The maximum Gasteiger partial charge on any atom is 0.354 e. The lowest BCUT2D eigenvalue weighted by atomic mass is 10.1. The van der Waals surface area contributed by atoms with Gasteiger partial charge in [0.25, 0.3) is 5.56 Å². The van der Waals surface area contributed by atoms with Crippen LogP contribution in [0.1, 0.15) is 0 Å². The number of benzene rings is 3. The van der Waals surface area contributed by atoms with Gasteiger partial charge in [0.05, 0.1) is 12.3 Å². The van der Waals surface area contributed by atoms with E-state index >= 15 is 0 Å². The fourth-order valence-electron chi connectivity index (χ4n) is 4.10. The van der Waals surface area contributed by atoms with Crippen LogP contribution in [-0.4, -0.2) is 29.0 Å². The molecule has 6 rings (SSSR count). The topological polar surface area (TPSA) is 94.2 Å². The molecule has 0 saturated carbocycles. The second kappa shape index (κ2) is 9.85. The zero-order valence-electron chi connectivity index (χ0n) is 19.8. The van der Waals surface area contributed by atoms with Crippen LogP contribution in [0.4, 0.5) is 4.39 Å². The van der Waals surface area contributed by atoms with Crippen LogP contribution >= 0.6 is 11.8 Å². The lowest BCUT2D eigenvalue weighted by molar-refractivity contribution is 0.263. The summed E-state index contributed by atoms with van der Waals surface area (Å²) in [4.78, 5) is 27.0. The number of hydrogen-bond acceptors (Lipinski definition) is 7. The summed E-state index contributed by atoms with van der Waals surface area (Å²) in [5, 5.41) is 11.0. The molecule has 1 unspecified atom stereocenters. The normalized spacial score (nSPS) is 14.5. The first-order chi connectivity index (χ1) is 18.5. The van der Waals surface area contributed by atoms with Gasteiger partial charge in [0.15, 0.2) is 5.75 Å². The molecule has 190 valence electrons. The molecule has 1 atom stereocenters. The van der Waals surface area contributed by atoms with Gasteiger partial charge in [-0.2, -0.15) is 0 Å². The number of nitrogens with zero attached hydrogens (tertiary/aromatic N) is 1. The first-order valence-electron chi connectivity index (χ1n) is 11.8. The van der Waals surface area contributed by atoms with Gasteiger partial charge in [-0.1, -0.05) is 48.2 Å². The molecule has 0 amide bonds. The second-order valence-electron chi connectivity index (χ2n) is 8.66. The van der Waals surface area contributed by atoms with Crippen molar-refractivity contribution in [2.45, 2.75) is 15.9 Å². The monoisotopic (exact) mass is 529 g/mol. The van der Waals surface area contributed by atoms with Crippen LogP contribution in [0.5, 0.6) is 11.5 Å². The summed E-state index contributed by atoms with van der Waals surface area (Å²) >= 11 is 0.824. The lowest BCUT2D eigenvalue weighted by Crippen LogP contribution is -2.21. The molecule has 38 heavy (non-hydrogen) atoms. The van der Waals surface area contributed by atoms with Crippen molar-refractivity contribution < 1.29 is 23.4 Å². The largest absolute Gasteiger partial charge is 0.505 e. The highest BCUT2D eigenvalue weighted by atomic mass is 32.2. The highest BCUT2D eigenvalue weighted by Crippen LogP contribution is 2.37. The molecule has 1 aliphatic rings. The minimum Gasteiger partial charge on any atom is -0.505 e. The van der Waals surface area contributed by atoms with Crippen molar-refractivity contribution in [1.29, 1.82) is 0 Å². The van der Waals surface area contributed by atoms with Crippen LogP contribution in [-0.2, 0) is 4.74 Å². The lowest BCUT2D eigenvalue weighted by Gasteiger charge is -2.16. The molecule has 2 aromatic heterocycles. The van der Waals surface area contributed by atoms with E-state index in [9.17, 15) is 19.1 Å². The van der Waals surface area contributed by atoms with Crippen molar-refractivity contribution >= 4 is 22.7 Å². The van der Waals surface area contributed by atoms with Gasteiger partial charge in [-0.25, -0.2) is 9.18 Å². The van der Waals surface area contributed by atoms with E-state index in [2.05, 4.69) is 0 Å². The third-order valence-electron chi connectivity index (χ3n) is 6.03. The predicted molar refractivity (Wildman–Crippen MR) is 141 cm³/mol. The Morgan fingerprint density at radius 3 is 2.47 bits per heavy atom. The minimum atomic E-state index is -0.832. The average Bonchev–Trinajstić information content (AvgIpc) is 3.75. The highest BCUT2D eigenvalue weighted by molar-refractivity contribution is 7.99.